The molecule has 0 aromatic heterocycles. The highest BCUT2D eigenvalue weighted by Crippen LogP contribution is 2.14. The molecule has 0 aliphatic carbocycles. The lowest BCUT2D eigenvalue weighted by Crippen LogP contribution is -2.52. The molecule has 1 aliphatic rings. The Morgan fingerprint density at radius 1 is 1.30 bits per heavy atom. The van der Waals surface area contributed by atoms with Crippen LogP contribution in [0, 0.1) is 0 Å². The Hall–Kier alpha value is -0.900. The van der Waals surface area contributed by atoms with E-state index in [9.17, 15) is 0 Å². The number of benzene rings is 1. The highest BCUT2D eigenvalue weighted by molar-refractivity contribution is 5.14. The first-order chi connectivity index (χ1) is 9.66. The molecule has 2 N–H and O–H groups in total. The molecule has 1 aromatic carbocycles. The summed E-state index contributed by atoms with van der Waals surface area (Å²) >= 11 is 0. The molecule has 0 saturated carbocycles. The second-order valence-electron chi connectivity index (χ2n) is 6.04. The zero-order chi connectivity index (χ0) is 14.4. The van der Waals surface area contributed by atoms with Gasteiger partial charge in [-0.2, -0.15) is 0 Å². The molecule has 0 amide bonds. The van der Waals surface area contributed by atoms with Gasteiger partial charge < -0.3 is 10.5 Å². The first kappa shape index (κ1) is 15.5. The summed E-state index contributed by atoms with van der Waals surface area (Å²) in [5.74, 6) is 0. The normalized spacial score (nSPS) is 22.1. The summed E-state index contributed by atoms with van der Waals surface area (Å²) in [6, 6.07) is 11.4. The van der Waals surface area contributed by atoms with Crippen molar-refractivity contribution in [3.05, 3.63) is 35.9 Å². The van der Waals surface area contributed by atoms with E-state index in [1.54, 1.807) is 0 Å². The minimum Gasteiger partial charge on any atom is -0.374 e. The molecule has 1 heterocycles. The van der Waals surface area contributed by atoms with Gasteiger partial charge in [0.1, 0.15) is 0 Å². The summed E-state index contributed by atoms with van der Waals surface area (Å²) in [6.45, 7) is 7.30. The van der Waals surface area contributed by atoms with Crippen LogP contribution in [-0.4, -0.2) is 42.8 Å². The molecule has 20 heavy (non-hydrogen) atoms. The van der Waals surface area contributed by atoms with Crippen molar-refractivity contribution in [3.8, 4) is 0 Å². The van der Waals surface area contributed by atoms with Crippen LogP contribution in [0.15, 0.2) is 30.3 Å². The van der Waals surface area contributed by atoms with Gasteiger partial charge in [0.2, 0.25) is 0 Å². The number of nitrogens with two attached hydrogens (primary N) is 1. The van der Waals surface area contributed by atoms with E-state index in [1.165, 1.54) is 5.56 Å². The molecular weight excluding hydrogens is 248 g/mol. The van der Waals surface area contributed by atoms with Crippen LogP contribution in [-0.2, 0) is 11.2 Å². The van der Waals surface area contributed by atoms with Crippen molar-refractivity contribution >= 4 is 0 Å². The summed E-state index contributed by atoms with van der Waals surface area (Å²) in [7, 11) is 0. The van der Waals surface area contributed by atoms with Crippen LogP contribution in [0.3, 0.4) is 0 Å². The van der Waals surface area contributed by atoms with Gasteiger partial charge in [0.05, 0.1) is 12.7 Å². The third-order valence-electron chi connectivity index (χ3n) is 4.18. The molecule has 1 aromatic rings. The van der Waals surface area contributed by atoms with Gasteiger partial charge >= 0.3 is 0 Å². The molecule has 2 atom stereocenters. The van der Waals surface area contributed by atoms with Crippen LogP contribution in [0.4, 0.5) is 0 Å². The lowest BCUT2D eigenvalue weighted by molar-refractivity contribution is -0.0508. The number of ether oxygens (including phenoxy) is 1. The molecule has 0 radical (unpaired) electrons. The van der Waals surface area contributed by atoms with Gasteiger partial charge in [0.25, 0.3) is 0 Å². The van der Waals surface area contributed by atoms with Crippen molar-refractivity contribution < 1.29 is 4.74 Å². The Morgan fingerprint density at radius 3 is 2.75 bits per heavy atom. The average Bonchev–Trinajstić information content (AvgIpc) is 2.48. The molecule has 3 nitrogen and oxygen atoms in total. The minimum absolute atomic E-state index is 0.153. The first-order valence-electron chi connectivity index (χ1n) is 7.82. The van der Waals surface area contributed by atoms with Crippen molar-refractivity contribution in [3.63, 3.8) is 0 Å². The smallest absolute Gasteiger partial charge is 0.0853 e. The van der Waals surface area contributed by atoms with E-state index >= 15 is 0 Å². The number of rotatable bonds is 6. The van der Waals surface area contributed by atoms with Crippen molar-refractivity contribution in [2.75, 3.05) is 19.7 Å². The van der Waals surface area contributed by atoms with Gasteiger partial charge in [0.15, 0.2) is 0 Å². The molecule has 2 rings (SSSR count). The number of hydrogen-bond donors (Lipinski definition) is 1. The van der Waals surface area contributed by atoms with Crippen LogP contribution in [0.25, 0.3) is 0 Å². The summed E-state index contributed by atoms with van der Waals surface area (Å²) in [5, 5.41) is 0. The van der Waals surface area contributed by atoms with E-state index in [1.807, 2.05) is 0 Å². The Morgan fingerprint density at radius 2 is 2.05 bits per heavy atom. The van der Waals surface area contributed by atoms with Crippen molar-refractivity contribution in [2.24, 2.45) is 5.73 Å². The maximum Gasteiger partial charge on any atom is 0.0853 e. The lowest BCUT2D eigenvalue weighted by Gasteiger charge is -2.37. The summed E-state index contributed by atoms with van der Waals surface area (Å²) in [5.41, 5.74) is 7.72. The van der Waals surface area contributed by atoms with Gasteiger partial charge in [-0.15, -0.1) is 0 Å². The Kier molecular flexibility index (Phi) is 6.02. The predicted octanol–water partition coefficient (Wildman–Crippen LogP) is 2.45. The average molecular weight is 276 g/mol. The number of hydrogen-bond acceptors (Lipinski definition) is 3. The molecule has 1 fully saturated rings. The second-order valence-corrected chi connectivity index (χ2v) is 6.04. The Balaban J connectivity index is 1.73. The molecule has 2 unspecified atom stereocenters. The van der Waals surface area contributed by atoms with Gasteiger partial charge in [-0.25, -0.2) is 0 Å². The van der Waals surface area contributed by atoms with Crippen LogP contribution in [0.2, 0.25) is 0 Å². The number of nitrogens with zero attached hydrogens (tertiary/aromatic N) is 1. The van der Waals surface area contributed by atoms with Crippen molar-refractivity contribution in [1.82, 2.24) is 4.90 Å². The van der Waals surface area contributed by atoms with Crippen LogP contribution in [0.1, 0.15) is 32.3 Å². The highest BCUT2D eigenvalue weighted by Gasteiger charge is 2.26. The molecule has 112 valence electrons. The molecule has 3 heteroatoms. The van der Waals surface area contributed by atoms with E-state index in [-0.39, 0.29) is 12.1 Å². The second kappa shape index (κ2) is 7.77. The van der Waals surface area contributed by atoms with Gasteiger partial charge in [-0.3, -0.25) is 4.90 Å². The largest absolute Gasteiger partial charge is 0.374 e. The zero-order valence-electron chi connectivity index (χ0n) is 12.8. The molecule has 1 saturated heterocycles. The third-order valence-corrected chi connectivity index (χ3v) is 4.18. The topological polar surface area (TPSA) is 38.5 Å². The van der Waals surface area contributed by atoms with E-state index in [0.717, 1.165) is 39.0 Å². The van der Waals surface area contributed by atoms with E-state index < -0.39 is 0 Å². The molecule has 0 bridgehead atoms. The fourth-order valence-electron chi connectivity index (χ4n) is 2.80. The fourth-order valence-corrected chi connectivity index (χ4v) is 2.80. The summed E-state index contributed by atoms with van der Waals surface area (Å²) < 4.78 is 5.86. The third kappa shape index (κ3) is 4.58. The fraction of sp³-hybridized carbons (Fsp3) is 0.647. The van der Waals surface area contributed by atoms with E-state index in [2.05, 4.69) is 49.1 Å². The zero-order valence-corrected chi connectivity index (χ0v) is 12.8. The number of morpholine rings is 1. The van der Waals surface area contributed by atoms with Crippen molar-refractivity contribution in [2.45, 2.75) is 51.3 Å². The van der Waals surface area contributed by atoms with E-state index in [4.69, 9.17) is 10.5 Å². The first-order valence-corrected chi connectivity index (χ1v) is 7.82. The highest BCUT2D eigenvalue weighted by atomic mass is 16.5. The maximum absolute atomic E-state index is 6.32. The monoisotopic (exact) mass is 276 g/mol. The van der Waals surface area contributed by atoms with Crippen LogP contribution < -0.4 is 5.73 Å². The van der Waals surface area contributed by atoms with Gasteiger partial charge in [-0.1, -0.05) is 30.3 Å². The summed E-state index contributed by atoms with van der Waals surface area (Å²) in [6.07, 6.45) is 3.47. The van der Waals surface area contributed by atoms with Crippen molar-refractivity contribution in [1.29, 1.82) is 0 Å². The predicted molar refractivity (Wildman–Crippen MR) is 83.8 cm³/mol. The number of aryl methyl sites for hydroxylation is 1. The lowest BCUT2D eigenvalue weighted by atomic mass is 10.0. The van der Waals surface area contributed by atoms with E-state index in [0.29, 0.717) is 6.04 Å². The molecule has 0 spiro atoms. The Labute approximate surface area is 123 Å². The van der Waals surface area contributed by atoms with Gasteiger partial charge in [0, 0.05) is 25.2 Å². The Bertz CT molecular complexity index is 380. The van der Waals surface area contributed by atoms with Gasteiger partial charge in [-0.05, 0) is 38.7 Å². The standard InChI is InChI=1S/C17H28N2O/c1-14(2)19-11-12-20-17(13-19)16(18)10-6-9-15-7-4-3-5-8-15/h3-5,7-8,14,16-17H,6,9-13,18H2,1-2H3. The van der Waals surface area contributed by atoms with Crippen LogP contribution >= 0.6 is 0 Å². The SMILES string of the molecule is CC(C)N1CCOC(C(N)CCCc2ccccc2)C1. The van der Waals surface area contributed by atoms with Crippen LogP contribution in [0.5, 0.6) is 0 Å². The minimum atomic E-state index is 0.153. The maximum atomic E-state index is 6.32. The molecular formula is C17H28N2O. The quantitative estimate of drug-likeness (QED) is 0.867. The summed E-state index contributed by atoms with van der Waals surface area (Å²) in [4.78, 5) is 2.46. The molecule has 1 aliphatic heterocycles.